The number of benzene rings is 3. The predicted molar refractivity (Wildman–Crippen MR) is 129 cm³/mol. The van der Waals surface area contributed by atoms with Gasteiger partial charge in [0.1, 0.15) is 0 Å². The van der Waals surface area contributed by atoms with Gasteiger partial charge in [-0.1, -0.05) is 19.8 Å². The second-order valence-electron chi connectivity index (χ2n) is 8.86. The summed E-state index contributed by atoms with van der Waals surface area (Å²) in [6.45, 7) is 2.24. The van der Waals surface area contributed by atoms with E-state index in [0.29, 0.717) is 22.6 Å². The van der Waals surface area contributed by atoms with Gasteiger partial charge < -0.3 is 0 Å². The van der Waals surface area contributed by atoms with Gasteiger partial charge in [0.05, 0.1) is 0 Å². The molecule has 164 valence electrons. The standard InChI is InChI=1S/C28H28BF3/c1-2-3-18-4-6-19(7-5-18)22-12-14-24(26(30)16-22)20-8-10-21(11-9-20)25-15-13-23(17-29)27(31)28(25)32/h8-19,29H,2-7H2,1H3. The van der Waals surface area contributed by atoms with E-state index in [1.807, 2.05) is 12.1 Å². The molecule has 0 aliphatic heterocycles. The topological polar surface area (TPSA) is 0 Å². The zero-order valence-corrected chi connectivity index (χ0v) is 18.5. The van der Waals surface area contributed by atoms with Crippen molar-refractivity contribution in [2.75, 3.05) is 0 Å². The van der Waals surface area contributed by atoms with E-state index in [-0.39, 0.29) is 16.9 Å². The van der Waals surface area contributed by atoms with Crippen LogP contribution in [0.3, 0.4) is 0 Å². The maximum absolute atomic E-state index is 15.0. The molecule has 1 saturated carbocycles. The minimum atomic E-state index is -0.910. The fraction of sp³-hybridized carbons (Fsp3) is 0.321. The van der Waals surface area contributed by atoms with Crippen molar-refractivity contribution in [1.29, 1.82) is 0 Å². The summed E-state index contributed by atoms with van der Waals surface area (Å²) in [6.07, 6.45) is 7.25. The third-order valence-corrected chi connectivity index (χ3v) is 6.85. The van der Waals surface area contributed by atoms with Crippen molar-refractivity contribution < 1.29 is 13.2 Å². The molecule has 0 amide bonds. The molecule has 0 unspecified atom stereocenters. The average molecular weight is 432 g/mol. The van der Waals surface area contributed by atoms with Gasteiger partial charge in [0.25, 0.3) is 0 Å². The zero-order chi connectivity index (χ0) is 22.7. The van der Waals surface area contributed by atoms with E-state index in [1.54, 1.807) is 30.3 Å². The zero-order valence-electron chi connectivity index (χ0n) is 18.5. The van der Waals surface area contributed by atoms with Crippen molar-refractivity contribution in [2.24, 2.45) is 5.92 Å². The van der Waals surface area contributed by atoms with E-state index < -0.39 is 11.6 Å². The Kier molecular flexibility index (Phi) is 6.98. The number of rotatable bonds is 6. The van der Waals surface area contributed by atoms with Crippen molar-refractivity contribution >= 4 is 13.5 Å². The normalized spacial score (nSPS) is 18.5. The Morgan fingerprint density at radius 3 is 2.03 bits per heavy atom. The summed E-state index contributed by atoms with van der Waals surface area (Å²) in [4.78, 5) is 0. The average Bonchev–Trinajstić information content (AvgIpc) is 2.82. The Morgan fingerprint density at radius 1 is 0.812 bits per heavy atom. The Balaban J connectivity index is 1.53. The summed E-state index contributed by atoms with van der Waals surface area (Å²) in [7, 11) is 3.49. The first-order valence-corrected chi connectivity index (χ1v) is 11.5. The first-order valence-electron chi connectivity index (χ1n) is 11.5. The second-order valence-corrected chi connectivity index (χ2v) is 8.86. The van der Waals surface area contributed by atoms with Gasteiger partial charge >= 0.3 is 126 Å². The third kappa shape index (κ3) is 4.60. The Labute approximate surface area is 189 Å². The van der Waals surface area contributed by atoms with Gasteiger partial charge in [0.15, 0.2) is 0 Å². The van der Waals surface area contributed by atoms with Crippen LogP contribution in [0.4, 0.5) is 13.2 Å². The van der Waals surface area contributed by atoms with Gasteiger partial charge in [-0.25, -0.2) is 0 Å². The minimum absolute atomic E-state index is 0.129. The van der Waals surface area contributed by atoms with E-state index in [0.717, 1.165) is 24.3 Å². The van der Waals surface area contributed by atoms with Crippen LogP contribution < -0.4 is 0 Å². The summed E-state index contributed by atoms with van der Waals surface area (Å²) >= 11 is 0. The van der Waals surface area contributed by atoms with Crippen molar-refractivity contribution in [1.82, 2.24) is 0 Å². The second kappa shape index (κ2) is 9.89. The van der Waals surface area contributed by atoms with Gasteiger partial charge in [0, 0.05) is 0 Å². The monoisotopic (exact) mass is 432 g/mol. The Morgan fingerprint density at radius 2 is 1.44 bits per heavy atom. The number of hydrogen-bond acceptors (Lipinski definition) is 0. The molecule has 0 spiro atoms. The van der Waals surface area contributed by atoms with E-state index >= 15 is 0 Å². The van der Waals surface area contributed by atoms with Crippen LogP contribution in [0.25, 0.3) is 22.3 Å². The molecule has 0 atom stereocenters. The molecule has 1 aliphatic carbocycles. The molecule has 0 aromatic heterocycles. The molecule has 4 rings (SSSR count). The summed E-state index contributed by atoms with van der Waals surface area (Å²) < 4.78 is 43.5. The molecule has 0 N–H and O–H groups in total. The van der Waals surface area contributed by atoms with Crippen LogP contribution >= 0.6 is 0 Å². The summed E-state index contributed by atoms with van der Waals surface area (Å²) in [5.41, 5.74) is 3.17. The summed E-state index contributed by atoms with van der Waals surface area (Å²) in [6, 6.07) is 15.5. The third-order valence-electron chi connectivity index (χ3n) is 6.85. The van der Waals surface area contributed by atoms with Crippen LogP contribution in [0.1, 0.15) is 62.5 Å². The van der Waals surface area contributed by atoms with Gasteiger partial charge in [-0.05, 0) is 43.1 Å². The van der Waals surface area contributed by atoms with Crippen LogP contribution in [-0.2, 0) is 0 Å². The van der Waals surface area contributed by atoms with Gasteiger partial charge in [0.2, 0.25) is 0 Å². The Bertz CT molecular complexity index is 1100. The number of hydrogen-bond donors (Lipinski definition) is 0. The van der Waals surface area contributed by atoms with Crippen molar-refractivity contribution in [3.8, 4) is 22.3 Å². The van der Waals surface area contributed by atoms with Gasteiger partial charge in [-0.3, -0.25) is 0 Å². The van der Waals surface area contributed by atoms with Gasteiger partial charge in [-0.2, -0.15) is 0 Å². The molecule has 0 nitrogen and oxygen atoms in total. The van der Waals surface area contributed by atoms with Crippen LogP contribution in [0, 0.1) is 23.4 Å². The quantitative estimate of drug-likeness (QED) is 0.353. The maximum atomic E-state index is 15.0. The molecule has 3 aromatic rings. The summed E-state index contributed by atoms with van der Waals surface area (Å²) in [5, 5.41) is 0. The van der Waals surface area contributed by atoms with Crippen LogP contribution in [0.15, 0.2) is 54.6 Å². The van der Waals surface area contributed by atoms with Crippen LogP contribution in [-0.4, -0.2) is 13.5 Å². The van der Waals surface area contributed by atoms with Crippen LogP contribution in [0.2, 0.25) is 0 Å². The molecule has 1 fully saturated rings. The van der Waals surface area contributed by atoms with E-state index in [4.69, 9.17) is 0 Å². The molecule has 1 aliphatic rings. The molecule has 0 saturated heterocycles. The fourth-order valence-corrected chi connectivity index (χ4v) is 4.99. The Hall–Kier alpha value is -2.62. The first-order chi connectivity index (χ1) is 15.5. The molecule has 3 aromatic carbocycles. The van der Waals surface area contributed by atoms with E-state index in [2.05, 4.69) is 14.4 Å². The molecule has 32 heavy (non-hydrogen) atoms. The first kappa shape index (κ1) is 22.6. The fourth-order valence-electron chi connectivity index (χ4n) is 4.99. The molecule has 4 heteroatoms. The van der Waals surface area contributed by atoms with Gasteiger partial charge in [-0.15, -0.1) is 0 Å². The van der Waals surface area contributed by atoms with Crippen molar-refractivity contribution in [3.63, 3.8) is 0 Å². The SMILES string of the molecule is B=Cc1ccc(-c2ccc(-c3ccc(C4CCC(CCC)CC4)cc3F)cc2)c(F)c1F. The molecular formula is C28H28BF3. The van der Waals surface area contributed by atoms with Crippen molar-refractivity contribution in [3.05, 3.63) is 83.2 Å². The molecular weight excluding hydrogens is 404 g/mol. The van der Waals surface area contributed by atoms with E-state index in [1.165, 1.54) is 43.8 Å². The molecule has 0 radical (unpaired) electrons. The van der Waals surface area contributed by atoms with Crippen molar-refractivity contribution in [2.45, 2.75) is 51.4 Å². The van der Waals surface area contributed by atoms with Crippen LogP contribution in [0.5, 0.6) is 0 Å². The predicted octanol–water partition coefficient (Wildman–Crippen LogP) is 7.56. The molecule has 0 bridgehead atoms. The summed E-state index contributed by atoms with van der Waals surface area (Å²) in [5.74, 6) is 0.495. The van der Waals surface area contributed by atoms with E-state index in [9.17, 15) is 13.2 Å². The molecule has 0 heterocycles. The number of halogens is 3.